The van der Waals surface area contributed by atoms with Crippen molar-refractivity contribution in [2.24, 2.45) is 0 Å². The van der Waals surface area contributed by atoms with Crippen LogP contribution >= 0.6 is 11.6 Å². The molecule has 3 rings (SSSR count). The average molecular weight is 288 g/mol. The van der Waals surface area contributed by atoms with Crippen LogP contribution in [0.4, 0.5) is 0 Å². The number of ether oxygens (including phenoxy) is 1. The van der Waals surface area contributed by atoms with Gasteiger partial charge in [0.15, 0.2) is 6.20 Å². The predicted molar refractivity (Wildman–Crippen MR) is 78.7 cm³/mol. The van der Waals surface area contributed by atoms with E-state index in [4.69, 9.17) is 16.3 Å². The van der Waals surface area contributed by atoms with Crippen LogP contribution in [-0.4, -0.2) is 6.61 Å². The maximum absolute atomic E-state index is 12.0. The standard InChI is InChI=1S/C16H14ClNO2/c1-16(15-4-2-3-9-18(15)19)8-7-12-10-13(17)5-6-14(12)20-11-16/h2-10H,11H2,1H3. The van der Waals surface area contributed by atoms with Gasteiger partial charge in [0.2, 0.25) is 5.69 Å². The van der Waals surface area contributed by atoms with Crippen molar-refractivity contribution < 1.29 is 9.47 Å². The van der Waals surface area contributed by atoms with E-state index in [1.165, 1.54) is 6.20 Å². The minimum absolute atomic E-state index is 0.407. The second kappa shape index (κ2) is 4.84. The Morgan fingerprint density at radius 3 is 2.95 bits per heavy atom. The van der Waals surface area contributed by atoms with E-state index in [2.05, 4.69) is 0 Å². The largest absolute Gasteiger partial charge is 0.618 e. The molecule has 3 nitrogen and oxygen atoms in total. The van der Waals surface area contributed by atoms with Crippen LogP contribution in [0.3, 0.4) is 0 Å². The van der Waals surface area contributed by atoms with E-state index in [1.54, 1.807) is 12.1 Å². The summed E-state index contributed by atoms with van der Waals surface area (Å²) >= 11 is 6.00. The summed E-state index contributed by atoms with van der Waals surface area (Å²) in [5.74, 6) is 0.780. The molecule has 2 heterocycles. The molecule has 0 bridgehead atoms. The molecule has 1 aliphatic heterocycles. The van der Waals surface area contributed by atoms with E-state index < -0.39 is 5.41 Å². The van der Waals surface area contributed by atoms with Crippen LogP contribution in [0.5, 0.6) is 5.75 Å². The van der Waals surface area contributed by atoms with Gasteiger partial charge in [0, 0.05) is 22.7 Å². The second-order valence-corrected chi connectivity index (χ2v) is 5.57. The molecular formula is C16H14ClNO2. The number of hydrogen-bond acceptors (Lipinski definition) is 2. The van der Waals surface area contributed by atoms with Gasteiger partial charge in [-0.05, 0) is 31.2 Å². The average Bonchev–Trinajstić information content (AvgIpc) is 2.60. The lowest BCUT2D eigenvalue weighted by Crippen LogP contribution is -2.42. The van der Waals surface area contributed by atoms with Crippen molar-refractivity contribution in [3.05, 3.63) is 70.2 Å². The fourth-order valence-corrected chi connectivity index (χ4v) is 2.54. The topological polar surface area (TPSA) is 36.2 Å². The van der Waals surface area contributed by atoms with Gasteiger partial charge in [0.05, 0.1) is 0 Å². The number of rotatable bonds is 1. The highest BCUT2D eigenvalue weighted by Crippen LogP contribution is 2.33. The Bertz CT molecular complexity index is 684. The summed E-state index contributed by atoms with van der Waals surface area (Å²) < 4.78 is 6.74. The molecule has 1 atom stereocenters. The third-order valence-corrected chi connectivity index (χ3v) is 3.77. The van der Waals surface area contributed by atoms with Crippen LogP contribution in [0.15, 0.2) is 48.7 Å². The van der Waals surface area contributed by atoms with Gasteiger partial charge in [-0.3, -0.25) is 0 Å². The molecule has 0 radical (unpaired) electrons. The Kier molecular flexibility index (Phi) is 3.14. The molecule has 20 heavy (non-hydrogen) atoms. The van der Waals surface area contributed by atoms with Crippen LogP contribution in [0, 0.1) is 5.21 Å². The summed E-state index contributed by atoms with van der Waals surface area (Å²) in [4.78, 5) is 0. The lowest BCUT2D eigenvalue weighted by molar-refractivity contribution is -0.617. The van der Waals surface area contributed by atoms with Gasteiger partial charge in [-0.2, -0.15) is 4.73 Å². The third kappa shape index (κ3) is 2.25. The third-order valence-electron chi connectivity index (χ3n) is 3.54. The Balaban J connectivity index is 2.03. The van der Waals surface area contributed by atoms with Gasteiger partial charge < -0.3 is 9.94 Å². The zero-order valence-corrected chi connectivity index (χ0v) is 11.8. The number of hydrogen-bond donors (Lipinski definition) is 0. The van der Waals surface area contributed by atoms with E-state index >= 15 is 0 Å². The first-order valence-electron chi connectivity index (χ1n) is 6.39. The van der Waals surface area contributed by atoms with Gasteiger partial charge in [0.25, 0.3) is 0 Å². The number of nitrogens with zero attached hydrogens (tertiary/aromatic N) is 1. The molecule has 1 aromatic heterocycles. The van der Waals surface area contributed by atoms with E-state index in [9.17, 15) is 5.21 Å². The van der Waals surface area contributed by atoms with Crippen LogP contribution in [0.2, 0.25) is 5.02 Å². The smallest absolute Gasteiger partial charge is 0.205 e. The second-order valence-electron chi connectivity index (χ2n) is 5.13. The minimum Gasteiger partial charge on any atom is -0.618 e. The quantitative estimate of drug-likeness (QED) is 0.596. The number of benzene rings is 1. The van der Waals surface area contributed by atoms with E-state index in [-0.39, 0.29) is 0 Å². The van der Waals surface area contributed by atoms with Crippen LogP contribution in [-0.2, 0) is 5.41 Å². The normalized spacial score (nSPS) is 20.9. The molecule has 1 aliphatic rings. The fourth-order valence-electron chi connectivity index (χ4n) is 2.36. The van der Waals surface area contributed by atoms with Gasteiger partial charge >= 0.3 is 0 Å². The summed E-state index contributed by atoms with van der Waals surface area (Å²) in [6, 6.07) is 10.9. The van der Waals surface area contributed by atoms with Gasteiger partial charge in [-0.1, -0.05) is 23.8 Å². The molecule has 0 amide bonds. The predicted octanol–water partition coefficient (Wildman–Crippen LogP) is 3.34. The molecule has 1 aromatic carbocycles. The minimum atomic E-state index is -0.478. The Morgan fingerprint density at radius 1 is 1.30 bits per heavy atom. The number of pyridine rings is 1. The molecule has 0 saturated carbocycles. The molecule has 0 spiro atoms. The highest BCUT2D eigenvalue weighted by atomic mass is 35.5. The zero-order valence-electron chi connectivity index (χ0n) is 11.0. The zero-order chi connectivity index (χ0) is 14.2. The van der Waals surface area contributed by atoms with Gasteiger partial charge in [0.1, 0.15) is 17.8 Å². The van der Waals surface area contributed by atoms with Crippen molar-refractivity contribution in [3.63, 3.8) is 0 Å². The molecule has 0 N–H and O–H groups in total. The van der Waals surface area contributed by atoms with Crippen LogP contribution in [0.1, 0.15) is 18.2 Å². The molecule has 1 unspecified atom stereocenters. The first kappa shape index (κ1) is 13.0. The molecule has 2 aromatic rings. The Labute approximate surface area is 122 Å². The SMILES string of the molecule is CC1(c2cccc[n+]2[O-])C=Cc2cc(Cl)ccc2OC1. The molecule has 4 heteroatoms. The van der Waals surface area contributed by atoms with Gasteiger partial charge in [-0.25, -0.2) is 0 Å². The lowest BCUT2D eigenvalue weighted by atomic mass is 9.86. The molecule has 102 valence electrons. The number of fused-ring (bicyclic) bond motifs is 1. The highest BCUT2D eigenvalue weighted by molar-refractivity contribution is 6.30. The summed E-state index contributed by atoms with van der Waals surface area (Å²) in [5.41, 5.74) is 1.11. The molecule has 0 aliphatic carbocycles. The maximum atomic E-state index is 12.0. The number of halogens is 1. The first-order valence-corrected chi connectivity index (χ1v) is 6.77. The molecule has 0 saturated heterocycles. The molecule has 0 fully saturated rings. The monoisotopic (exact) mass is 287 g/mol. The van der Waals surface area contributed by atoms with E-state index in [0.29, 0.717) is 17.3 Å². The van der Waals surface area contributed by atoms with Crippen LogP contribution < -0.4 is 9.47 Å². The summed E-state index contributed by atoms with van der Waals surface area (Å²) in [5, 5.41) is 12.6. The lowest BCUT2D eigenvalue weighted by Gasteiger charge is -2.23. The molecular weight excluding hydrogens is 274 g/mol. The summed E-state index contributed by atoms with van der Waals surface area (Å²) in [6.07, 6.45) is 5.46. The Morgan fingerprint density at radius 2 is 2.15 bits per heavy atom. The number of aromatic nitrogens is 1. The van der Waals surface area contributed by atoms with E-state index in [1.807, 2.05) is 43.3 Å². The first-order chi connectivity index (χ1) is 9.58. The summed E-state index contributed by atoms with van der Waals surface area (Å²) in [6.45, 7) is 2.39. The van der Waals surface area contributed by atoms with Crippen molar-refractivity contribution >= 4 is 17.7 Å². The summed E-state index contributed by atoms with van der Waals surface area (Å²) in [7, 11) is 0. The Hall–Kier alpha value is -2.00. The van der Waals surface area contributed by atoms with Crippen molar-refractivity contribution in [2.75, 3.05) is 6.61 Å². The maximum Gasteiger partial charge on any atom is 0.205 e. The van der Waals surface area contributed by atoms with Crippen LogP contribution in [0.25, 0.3) is 6.08 Å². The van der Waals surface area contributed by atoms with Crippen molar-refractivity contribution in [1.29, 1.82) is 0 Å². The fraction of sp³-hybridized carbons (Fsp3) is 0.188. The van der Waals surface area contributed by atoms with Crippen molar-refractivity contribution in [3.8, 4) is 5.75 Å². The van der Waals surface area contributed by atoms with Gasteiger partial charge in [-0.15, -0.1) is 0 Å². The van der Waals surface area contributed by atoms with Crippen molar-refractivity contribution in [1.82, 2.24) is 0 Å². The highest BCUT2D eigenvalue weighted by Gasteiger charge is 2.33. The van der Waals surface area contributed by atoms with E-state index in [0.717, 1.165) is 16.0 Å². The van der Waals surface area contributed by atoms with Crippen molar-refractivity contribution in [2.45, 2.75) is 12.3 Å².